The summed E-state index contributed by atoms with van der Waals surface area (Å²) in [5.74, 6) is -1.51. The lowest BCUT2D eigenvalue weighted by molar-refractivity contribution is -0.141. The van der Waals surface area contributed by atoms with Crippen molar-refractivity contribution in [3.63, 3.8) is 0 Å². The van der Waals surface area contributed by atoms with Crippen molar-refractivity contribution in [1.82, 2.24) is 9.97 Å². The molecule has 9 heteroatoms. The van der Waals surface area contributed by atoms with Gasteiger partial charge in [-0.15, -0.1) is 0 Å². The molecule has 0 fully saturated rings. The number of nitrogens with two attached hydrogens (primary N) is 1. The van der Waals surface area contributed by atoms with Crippen LogP contribution in [0.15, 0.2) is 30.6 Å². The Bertz CT molecular complexity index is 692. The maximum absolute atomic E-state index is 12.6. The van der Waals surface area contributed by atoms with E-state index in [9.17, 15) is 18.0 Å². The Kier molecular flexibility index (Phi) is 3.99. The van der Waals surface area contributed by atoms with Gasteiger partial charge in [0.2, 0.25) is 5.88 Å². The van der Waals surface area contributed by atoms with Crippen molar-refractivity contribution >= 4 is 17.5 Å². The first-order valence-corrected chi connectivity index (χ1v) is 5.81. The highest BCUT2D eigenvalue weighted by Gasteiger charge is 2.33. The van der Waals surface area contributed by atoms with E-state index in [1.807, 2.05) is 0 Å². The molecule has 0 unspecified atom stereocenters. The lowest BCUT2D eigenvalue weighted by atomic mass is 10.2. The first-order valence-electron chi connectivity index (χ1n) is 5.44. The van der Waals surface area contributed by atoms with Crippen LogP contribution in [0.25, 0.3) is 0 Å². The summed E-state index contributed by atoms with van der Waals surface area (Å²) < 4.78 is 43.0. The Balaban J connectivity index is 2.46. The Morgan fingerprint density at radius 1 is 1.29 bits per heavy atom. The molecule has 2 aromatic rings. The van der Waals surface area contributed by atoms with Crippen LogP contribution < -0.4 is 10.5 Å². The molecule has 0 bridgehead atoms. The SMILES string of the molecule is NC(=O)c1ccc(C(F)(F)F)nc1Oc1cncc(Cl)c1. The summed E-state index contributed by atoms with van der Waals surface area (Å²) in [4.78, 5) is 18.2. The van der Waals surface area contributed by atoms with Gasteiger partial charge in [0.15, 0.2) is 0 Å². The second-order valence-electron chi connectivity index (χ2n) is 3.85. The van der Waals surface area contributed by atoms with Gasteiger partial charge in [0, 0.05) is 12.3 Å². The number of amides is 1. The molecule has 2 aromatic heterocycles. The zero-order valence-corrected chi connectivity index (χ0v) is 10.9. The predicted octanol–water partition coefficient (Wildman–Crippen LogP) is 3.04. The van der Waals surface area contributed by atoms with Crippen molar-refractivity contribution in [2.75, 3.05) is 0 Å². The van der Waals surface area contributed by atoms with E-state index >= 15 is 0 Å². The molecule has 0 aromatic carbocycles. The number of carbonyl (C=O) groups is 1. The molecular formula is C12H7ClF3N3O2. The molecule has 0 spiro atoms. The minimum atomic E-state index is -4.68. The van der Waals surface area contributed by atoms with Gasteiger partial charge in [0.05, 0.1) is 11.2 Å². The molecule has 110 valence electrons. The number of hydrogen-bond acceptors (Lipinski definition) is 4. The largest absolute Gasteiger partial charge is 0.436 e. The third kappa shape index (κ3) is 3.60. The summed E-state index contributed by atoms with van der Waals surface area (Å²) in [7, 11) is 0. The molecular weight excluding hydrogens is 311 g/mol. The molecule has 0 aliphatic heterocycles. The fraction of sp³-hybridized carbons (Fsp3) is 0.0833. The number of alkyl halides is 3. The number of ether oxygens (including phenoxy) is 1. The maximum atomic E-state index is 12.6. The van der Waals surface area contributed by atoms with Crippen LogP contribution in [0.3, 0.4) is 0 Å². The van der Waals surface area contributed by atoms with E-state index in [0.29, 0.717) is 6.07 Å². The van der Waals surface area contributed by atoms with E-state index in [1.54, 1.807) is 0 Å². The van der Waals surface area contributed by atoms with Crippen LogP contribution >= 0.6 is 11.6 Å². The average molecular weight is 318 g/mol. The predicted molar refractivity (Wildman–Crippen MR) is 67.1 cm³/mol. The van der Waals surface area contributed by atoms with Crippen molar-refractivity contribution in [2.45, 2.75) is 6.18 Å². The standard InChI is InChI=1S/C12H7ClF3N3O2/c13-6-3-7(5-18-4-6)21-11-8(10(17)20)1-2-9(19-11)12(14,15)16/h1-5H,(H2,17,20). The van der Waals surface area contributed by atoms with Crippen molar-refractivity contribution < 1.29 is 22.7 Å². The van der Waals surface area contributed by atoms with Crippen LogP contribution in [0.4, 0.5) is 13.2 Å². The van der Waals surface area contributed by atoms with Gasteiger partial charge < -0.3 is 10.5 Å². The van der Waals surface area contributed by atoms with Crippen LogP contribution in [0, 0.1) is 0 Å². The number of rotatable bonds is 3. The Labute approximate surface area is 121 Å². The molecule has 21 heavy (non-hydrogen) atoms. The van der Waals surface area contributed by atoms with Gasteiger partial charge in [0.1, 0.15) is 17.0 Å². The van der Waals surface area contributed by atoms with Crippen LogP contribution in [0.5, 0.6) is 11.6 Å². The van der Waals surface area contributed by atoms with Crippen molar-refractivity contribution in [3.05, 3.63) is 46.9 Å². The summed E-state index contributed by atoms with van der Waals surface area (Å²) in [5.41, 5.74) is 3.58. The normalized spacial score (nSPS) is 11.2. The molecule has 1 amide bonds. The van der Waals surface area contributed by atoms with Crippen LogP contribution in [-0.2, 0) is 6.18 Å². The third-order valence-electron chi connectivity index (χ3n) is 2.31. The molecule has 0 saturated heterocycles. The number of nitrogens with zero attached hydrogens (tertiary/aromatic N) is 2. The molecule has 2 N–H and O–H groups in total. The zero-order valence-electron chi connectivity index (χ0n) is 10.2. The Hall–Kier alpha value is -2.35. The van der Waals surface area contributed by atoms with Crippen LogP contribution in [-0.4, -0.2) is 15.9 Å². The van der Waals surface area contributed by atoms with Crippen molar-refractivity contribution in [1.29, 1.82) is 0 Å². The first kappa shape index (κ1) is 15.0. The first-order chi connectivity index (χ1) is 9.77. The average Bonchev–Trinajstić information content (AvgIpc) is 2.37. The molecule has 2 heterocycles. The number of aromatic nitrogens is 2. The number of hydrogen-bond donors (Lipinski definition) is 1. The minimum Gasteiger partial charge on any atom is -0.436 e. The monoisotopic (exact) mass is 317 g/mol. The lowest BCUT2D eigenvalue weighted by Crippen LogP contribution is -2.16. The smallest absolute Gasteiger partial charge is 0.433 e. The summed E-state index contributed by atoms with van der Waals surface area (Å²) in [6, 6.07) is 2.84. The second-order valence-corrected chi connectivity index (χ2v) is 4.29. The molecule has 5 nitrogen and oxygen atoms in total. The summed E-state index contributed by atoms with van der Waals surface area (Å²) >= 11 is 5.68. The number of pyridine rings is 2. The Morgan fingerprint density at radius 3 is 2.57 bits per heavy atom. The number of halogens is 4. The van der Waals surface area contributed by atoms with Gasteiger partial charge in [-0.25, -0.2) is 4.98 Å². The molecule has 0 radical (unpaired) electrons. The highest BCUT2D eigenvalue weighted by atomic mass is 35.5. The van der Waals surface area contributed by atoms with Gasteiger partial charge in [-0.1, -0.05) is 11.6 Å². The second kappa shape index (κ2) is 5.57. The fourth-order valence-electron chi connectivity index (χ4n) is 1.42. The number of carbonyl (C=O) groups excluding carboxylic acids is 1. The van der Waals surface area contributed by atoms with E-state index in [4.69, 9.17) is 22.1 Å². The topological polar surface area (TPSA) is 78.1 Å². The number of primary amides is 1. The van der Waals surface area contributed by atoms with Gasteiger partial charge in [-0.2, -0.15) is 13.2 Å². The van der Waals surface area contributed by atoms with E-state index in [1.165, 1.54) is 18.5 Å². The van der Waals surface area contributed by atoms with Gasteiger partial charge in [-0.05, 0) is 12.1 Å². The molecule has 0 aliphatic carbocycles. The van der Waals surface area contributed by atoms with Gasteiger partial charge >= 0.3 is 6.18 Å². The highest BCUT2D eigenvalue weighted by molar-refractivity contribution is 6.30. The fourth-order valence-corrected chi connectivity index (χ4v) is 1.59. The van der Waals surface area contributed by atoms with E-state index < -0.39 is 23.7 Å². The summed E-state index contributed by atoms with van der Waals surface area (Å²) in [6.07, 6.45) is -2.16. The molecule has 0 saturated carbocycles. The quantitative estimate of drug-likeness (QED) is 0.943. The Morgan fingerprint density at radius 2 is 2.00 bits per heavy atom. The third-order valence-corrected chi connectivity index (χ3v) is 2.52. The molecule has 2 rings (SSSR count). The maximum Gasteiger partial charge on any atom is 0.433 e. The van der Waals surface area contributed by atoms with E-state index in [2.05, 4.69) is 9.97 Å². The summed E-state index contributed by atoms with van der Waals surface area (Å²) in [6.45, 7) is 0. The van der Waals surface area contributed by atoms with Crippen LogP contribution in [0.2, 0.25) is 5.02 Å². The van der Waals surface area contributed by atoms with Crippen molar-refractivity contribution in [3.8, 4) is 11.6 Å². The molecule has 0 atom stereocenters. The highest BCUT2D eigenvalue weighted by Crippen LogP contribution is 2.32. The van der Waals surface area contributed by atoms with Crippen molar-refractivity contribution in [2.24, 2.45) is 5.73 Å². The lowest BCUT2D eigenvalue weighted by Gasteiger charge is -2.11. The van der Waals surface area contributed by atoms with Gasteiger partial charge in [0.25, 0.3) is 5.91 Å². The summed E-state index contributed by atoms with van der Waals surface area (Å²) in [5, 5.41) is 0.208. The van der Waals surface area contributed by atoms with E-state index in [-0.39, 0.29) is 16.3 Å². The van der Waals surface area contributed by atoms with E-state index in [0.717, 1.165) is 6.07 Å². The zero-order chi connectivity index (χ0) is 15.6. The van der Waals surface area contributed by atoms with Crippen LogP contribution in [0.1, 0.15) is 16.1 Å². The van der Waals surface area contributed by atoms with Gasteiger partial charge in [-0.3, -0.25) is 9.78 Å². The minimum absolute atomic E-state index is 0.0248. The molecule has 0 aliphatic rings.